The van der Waals surface area contributed by atoms with Crippen molar-refractivity contribution in [1.82, 2.24) is 10.3 Å². The van der Waals surface area contributed by atoms with E-state index in [0.717, 1.165) is 12.3 Å². The number of nitrogens with one attached hydrogen (secondary N) is 1. The van der Waals surface area contributed by atoms with E-state index in [0.29, 0.717) is 12.8 Å². The third-order valence-corrected chi connectivity index (χ3v) is 3.15. The Morgan fingerprint density at radius 3 is 2.70 bits per heavy atom. The van der Waals surface area contributed by atoms with Crippen molar-refractivity contribution in [2.24, 2.45) is 0 Å². The maximum atomic E-state index is 12.6. The number of hydrogen-bond acceptors (Lipinski definition) is 3. The van der Waals surface area contributed by atoms with Crippen LogP contribution in [0, 0.1) is 0 Å². The molecule has 0 aromatic carbocycles. The standard InChI is InChI=1S/C11H10ClF3N2O3/c12-9-8(11(13,14)15)3-7(4-16-9)20-6-1-5(2-6)17-10(18)19/h3-6,17H,1-2H2,(H,18,19)/t5-,6-. The van der Waals surface area contributed by atoms with Crippen molar-refractivity contribution in [2.75, 3.05) is 0 Å². The van der Waals surface area contributed by atoms with Gasteiger partial charge in [-0.25, -0.2) is 9.78 Å². The lowest BCUT2D eigenvalue weighted by Crippen LogP contribution is -2.48. The molecule has 2 rings (SSSR count). The van der Waals surface area contributed by atoms with Crippen LogP contribution < -0.4 is 10.1 Å². The van der Waals surface area contributed by atoms with Crippen molar-refractivity contribution in [3.63, 3.8) is 0 Å². The SMILES string of the molecule is O=C(O)N[C@H]1C[C@H](Oc2cnc(Cl)c(C(F)(F)F)c2)C1. The van der Waals surface area contributed by atoms with Crippen LogP contribution in [0.1, 0.15) is 18.4 Å². The summed E-state index contributed by atoms with van der Waals surface area (Å²) in [6, 6.07) is 0.549. The first-order chi connectivity index (χ1) is 9.25. The summed E-state index contributed by atoms with van der Waals surface area (Å²) in [7, 11) is 0. The van der Waals surface area contributed by atoms with Crippen LogP contribution in [0.2, 0.25) is 5.15 Å². The second-order valence-electron chi connectivity index (χ2n) is 4.36. The largest absolute Gasteiger partial charge is 0.489 e. The van der Waals surface area contributed by atoms with Crippen LogP contribution in [-0.2, 0) is 6.18 Å². The topological polar surface area (TPSA) is 71.5 Å². The lowest BCUT2D eigenvalue weighted by molar-refractivity contribution is -0.137. The number of amides is 1. The normalized spacial score (nSPS) is 22.0. The summed E-state index contributed by atoms with van der Waals surface area (Å²) >= 11 is 5.38. The number of aromatic nitrogens is 1. The first-order valence-electron chi connectivity index (χ1n) is 5.64. The van der Waals surface area contributed by atoms with Gasteiger partial charge in [-0.15, -0.1) is 0 Å². The van der Waals surface area contributed by atoms with Gasteiger partial charge in [0.15, 0.2) is 0 Å². The highest BCUT2D eigenvalue weighted by atomic mass is 35.5. The molecule has 1 aliphatic carbocycles. The van der Waals surface area contributed by atoms with E-state index in [1.54, 1.807) is 0 Å². The Bertz CT molecular complexity index is 518. The van der Waals surface area contributed by atoms with Crippen molar-refractivity contribution in [2.45, 2.75) is 31.2 Å². The third-order valence-electron chi connectivity index (χ3n) is 2.84. The molecule has 1 amide bonds. The monoisotopic (exact) mass is 310 g/mol. The molecule has 1 aromatic rings. The smallest absolute Gasteiger partial charge is 0.419 e. The number of hydrogen-bond donors (Lipinski definition) is 2. The van der Waals surface area contributed by atoms with E-state index in [9.17, 15) is 18.0 Å². The van der Waals surface area contributed by atoms with Gasteiger partial charge in [-0.1, -0.05) is 11.6 Å². The molecule has 0 aliphatic heterocycles. The predicted octanol–water partition coefficient (Wildman–Crippen LogP) is 2.93. The van der Waals surface area contributed by atoms with Gasteiger partial charge in [-0.3, -0.25) is 0 Å². The van der Waals surface area contributed by atoms with E-state index in [2.05, 4.69) is 10.3 Å². The van der Waals surface area contributed by atoms with E-state index < -0.39 is 23.0 Å². The lowest BCUT2D eigenvalue weighted by Gasteiger charge is -2.35. The van der Waals surface area contributed by atoms with Gasteiger partial charge in [-0.05, 0) is 6.07 Å². The number of ether oxygens (including phenoxy) is 1. The summed E-state index contributed by atoms with van der Waals surface area (Å²) in [6.45, 7) is 0. The summed E-state index contributed by atoms with van der Waals surface area (Å²) in [5.41, 5.74) is -1.06. The molecule has 9 heteroatoms. The molecule has 110 valence electrons. The van der Waals surface area contributed by atoms with Crippen molar-refractivity contribution < 1.29 is 27.8 Å². The molecular formula is C11H10ClF3N2O3. The molecule has 1 saturated carbocycles. The fourth-order valence-electron chi connectivity index (χ4n) is 1.84. The van der Waals surface area contributed by atoms with Gasteiger partial charge in [-0.2, -0.15) is 13.2 Å². The van der Waals surface area contributed by atoms with E-state index in [1.807, 2.05) is 0 Å². The molecule has 1 aromatic heterocycles. The summed E-state index contributed by atoms with van der Waals surface area (Å²) < 4.78 is 43.1. The molecule has 1 fully saturated rings. The Balaban J connectivity index is 1.97. The molecule has 1 aliphatic rings. The Kier molecular flexibility index (Phi) is 3.94. The highest BCUT2D eigenvalue weighted by Gasteiger charge is 2.36. The minimum atomic E-state index is -4.60. The molecule has 0 spiro atoms. The average molecular weight is 311 g/mol. The van der Waals surface area contributed by atoms with Gasteiger partial charge >= 0.3 is 12.3 Å². The highest BCUT2D eigenvalue weighted by Crippen LogP contribution is 2.36. The first kappa shape index (κ1) is 14.7. The number of halogens is 4. The minimum absolute atomic E-state index is 0.0412. The molecule has 1 heterocycles. The molecule has 5 nitrogen and oxygen atoms in total. The molecule has 0 saturated heterocycles. The van der Waals surface area contributed by atoms with E-state index in [4.69, 9.17) is 21.4 Å². The number of alkyl halides is 3. The number of nitrogens with zero attached hydrogens (tertiary/aromatic N) is 1. The Labute approximate surface area is 116 Å². The van der Waals surface area contributed by atoms with E-state index >= 15 is 0 Å². The van der Waals surface area contributed by atoms with Gasteiger partial charge in [0.05, 0.1) is 11.8 Å². The Hall–Kier alpha value is -1.70. The molecule has 2 N–H and O–H groups in total. The third kappa shape index (κ3) is 3.44. The molecule has 20 heavy (non-hydrogen) atoms. The van der Waals surface area contributed by atoms with Crippen LogP contribution in [0.25, 0.3) is 0 Å². The van der Waals surface area contributed by atoms with E-state index in [-0.39, 0.29) is 17.9 Å². The highest BCUT2D eigenvalue weighted by molar-refractivity contribution is 6.30. The molecule has 0 atom stereocenters. The van der Waals surface area contributed by atoms with Crippen LogP contribution in [0.3, 0.4) is 0 Å². The van der Waals surface area contributed by atoms with Gasteiger partial charge < -0.3 is 15.2 Å². The first-order valence-corrected chi connectivity index (χ1v) is 6.02. The van der Waals surface area contributed by atoms with Crippen LogP contribution in [0.5, 0.6) is 5.75 Å². The fraction of sp³-hybridized carbons (Fsp3) is 0.455. The maximum absolute atomic E-state index is 12.6. The van der Waals surface area contributed by atoms with Crippen LogP contribution >= 0.6 is 11.6 Å². The van der Waals surface area contributed by atoms with Crippen molar-refractivity contribution in [3.05, 3.63) is 23.0 Å². The van der Waals surface area contributed by atoms with Gasteiger partial charge in [0, 0.05) is 18.9 Å². The average Bonchev–Trinajstić information content (AvgIpc) is 2.26. The second-order valence-corrected chi connectivity index (χ2v) is 4.72. The zero-order valence-electron chi connectivity index (χ0n) is 9.95. The van der Waals surface area contributed by atoms with Crippen LogP contribution in [-0.4, -0.2) is 28.3 Å². The molecule has 0 unspecified atom stereocenters. The summed E-state index contributed by atoms with van der Waals surface area (Å²) in [5, 5.41) is 10.1. The van der Waals surface area contributed by atoms with Crippen molar-refractivity contribution in [3.8, 4) is 5.75 Å². The number of pyridine rings is 1. The van der Waals surface area contributed by atoms with E-state index in [1.165, 1.54) is 0 Å². The summed E-state index contributed by atoms with van der Waals surface area (Å²) in [4.78, 5) is 13.8. The van der Waals surface area contributed by atoms with Crippen molar-refractivity contribution in [1.29, 1.82) is 0 Å². The number of carbonyl (C=O) groups is 1. The van der Waals surface area contributed by atoms with Crippen LogP contribution in [0.15, 0.2) is 12.3 Å². The molecular weight excluding hydrogens is 301 g/mol. The van der Waals surface area contributed by atoms with Gasteiger partial charge in [0.2, 0.25) is 0 Å². The summed E-state index contributed by atoms with van der Waals surface area (Å²) in [5.74, 6) is -0.0412. The second kappa shape index (κ2) is 5.35. The van der Waals surface area contributed by atoms with Crippen LogP contribution in [0.4, 0.5) is 18.0 Å². The van der Waals surface area contributed by atoms with Gasteiger partial charge in [0.25, 0.3) is 0 Å². The minimum Gasteiger partial charge on any atom is -0.489 e. The van der Waals surface area contributed by atoms with Gasteiger partial charge in [0.1, 0.15) is 17.0 Å². The number of rotatable bonds is 3. The van der Waals surface area contributed by atoms with Crippen molar-refractivity contribution >= 4 is 17.7 Å². The lowest BCUT2D eigenvalue weighted by atomic mass is 9.89. The predicted molar refractivity (Wildman–Crippen MR) is 62.8 cm³/mol. The molecule has 0 radical (unpaired) electrons. The molecule has 0 bridgehead atoms. The quantitative estimate of drug-likeness (QED) is 0.842. The zero-order chi connectivity index (χ0) is 14.9. The zero-order valence-corrected chi connectivity index (χ0v) is 10.7. The summed E-state index contributed by atoms with van der Waals surface area (Å²) in [6.07, 6.45) is -4.17. The Morgan fingerprint density at radius 1 is 1.50 bits per heavy atom. The fourth-order valence-corrected chi connectivity index (χ4v) is 2.05. The number of carboxylic acid groups (broad SMARTS) is 1. The maximum Gasteiger partial charge on any atom is 0.419 e. The Morgan fingerprint density at radius 2 is 2.15 bits per heavy atom.